The van der Waals surface area contributed by atoms with E-state index in [1.807, 2.05) is 13.8 Å². The van der Waals surface area contributed by atoms with Crippen molar-refractivity contribution in [3.63, 3.8) is 0 Å². The van der Waals surface area contributed by atoms with Gasteiger partial charge in [0.05, 0.1) is 12.0 Å². The molecule has 0 aliphatic heterocycles. The van der Waals surface area contributed by atoms with Crippen LogP contribution in [0.25, 0.3) is 0 Å². The summed E-state index contributed by atoms with van der Waals surface area (Å²) >= 11 is 0. The van der Waals surface area contributed by atoms with E-state index in [9.17, 15) is 4.79 Å². The Kier molecular flexibility index (Phi) is 9.98. The summed E-state index contributed by atoms with van der Waals surface area (Å²) in [4.78, 5) is 13.1. The van der Waals surface area contributed by atoms with Crippen LogP contribution in [0.4, 0.5) is 0 Å². The molecule has 0 rings (SSSR count). The van der Waals surface area contributed by atoms with Crippen LogP contribution in [-0.2, 0) is 9.53 Å². The van der Waals surface area contributed by atoms with Gasteiger partial charge >= 0.3 is 5.97 Å². The predicted octanol–water partition coefficient (Wildman–Crippen LogP) is 2.62. The average Bonchev–Trinajstić information content (AvgIpc) is 2.30. The Hall–Kier alpha value is -0.610. The molecule has 4 heteroatoms. The molecule has 1 N–H and O–H groups in total. The largest absolute Gasteiger partial charge is 0.481 e. The highest BCUT2D eigenvalue weighted by Gasteiger charge is 2.15. The zero-order chi connectivity index (χ0) is 14.0. The Balaban J connectivity index is 3.94. The van der Waals surface area contributed by atoms with E-state index in [0.717, 1.165) is 39.0 Å². The third-order valence-corrected chi connectivity index (χ3v) is 2.85. The topological polar surface area (TPSA) is 49.8 Å². The number of rotatable bonds is 11. The highest BCUT2D eigenvalue weighted by molar-refractivity contribution is 5.69. The molecule has 0 bridgehead atoms. The number of carbonyl (C=O) groups is 1. The molecule has 0 aliphatic carbocycles. The van der Waals surface area contributed by atoms with Gasteiger partial charge in [0.1, 0.15) is 0 Å². The van der Waals surface area contributed by atoms with Crippen molar-refractivity contribution in [1.82, 2.24) is 4.90 Å². The van der Waals surface area contributed by atoms with E-state index in [4.69, 9.17) is 9.84 Å². The fourth-order valence-corrected chi connectivity index (χ4v) is 1.75. The monoisotopic (exact) mass is 259 g/mol. The maximum Gasteiger partial charge on any atom is 0.307 e. The zero-order valence-corrected chi connectivity index (χ0v) is 12.3. The molecule has 0 aromatic carbocycles. The van der Waals surface area contributed by atoms with Crippen LogP contribution in [0.2, 0.25) is 0 Å². The van der Waals surface area contributed by atoms with Crippen LogP contribution in [-0.4, -0.2) is 48.3 Å². The van der Waals surface area contributed by atoms with Crippen LogP contribution < -0.4 is 0 Å². The first-order valence-corrected chi connectivity index (χ1v) is 7.04. The third kappa shape index (κ3) is 9.42. The number of nitrogens with zero attached hydrogens (tertiary/aromatic N) is 1. The van der Waals surface area contributed by atoms with Crippen LogP contribution in [0.15, 0.2) is 0 Å². The Bertz CT molecular complexity index is 219. The van der Waals surface area contributed by atoms with Gasteiger partial charge in [0.25, 0.3) is 0 Å². The number of aliphatic carboxylic acids is 1. The minimum Gasteiger partial charge on any atom is -0.481 e. The maximum atomic E-state index is 10.9. The molecular weight excluding hydrogens is 230 g/mol. The highest BCUT2D eigenvalue weighted by atomic mass is 16.5. The second-order valence-electron chi connectivity index (χ2n) is 5.17. The van der Waals surface area contributed by atoms with Gasteiger partial charge in [-0.25, -0.2) is 0 Å². The minimum atomic E-state index is -0.713. The quantitative estimate of drug-likeness (QED) is 0.579. The van der Waals surface area contributed by atoms with E-state index < -0.39 is 5.97 Å². The van der Waals surface area contributed by atoms with Gasteiger partial charge in [-0.15, -0.1) is 0 Å². The van der Waals surface area contributed by atoms with E-state index >= 15 is 0 Å². The summed E-state index contributed by atoms with van der Waals surface area (Å²) < 4.78 is 5.51. The van der Waals surface area contributed by atoms with Gasteiger partial charge in [0, 0.05) is 19.7 Å². The summed E-state index contributed by atoms with van der Waals surface area (Å²) in [7, 11) is 0. The van der Waals surface area contributed by atoms with Gasteiger partial charge in [-0.05, 0) is 33.2 Å². The number of ether oxygens (including phenoxy) is 1. The lowest BCUT2D eigenvalue weighted by molar-refractivity contribution is -0.141. The van der Waals surface area contributed by atoms with Gasteiger partial charge < -0.3 is 14.7 Å². The average molecular weight is 259 g/mol. The Morgan fingerprint density at radius 1 is 1.22 bits per heavy atom. The second-order valence-corrected chi connectivity index (χ2v) is 5.17. The molecule has 0 fully saturated rings. The molecular formula is C14H29NO3. The van der Waals surface area contributed by atoms with Crippen molar-refractivity contribution >= 4 is 5.97 Å². The summed E-state index contributed by atoms with van der Waals surface area (Å²) in [6, 6.07) is 0. The van der Waals surface area contributed by atoms with Crippen LogP contribution in [0.1, 0.15) is 47.0 Å². The SMILES string of the molecule is CCCCN(CCCOC(C)C)CC(C)C(=O)O. The molecule has 0 heterocycles. The van der Waals surface area contributed by atoms with Crippen LogP contribution in [0.3, 0.4) is 0 Å². The molecule has 108 valence electrons. The minimum absolute atomic E-state index is 0.270. The molecule has 0 aliphatic rings. The summed E-state index contributed by atoms with van der Waals surface area (Å²) in [5.74, 6) is -1.01. The van der Waals surface area contributed by atoms with Gasteiger partial charge in [0.2, 0.25) is 0 Å². The second kappa shape index (κ2) is 10.3. The summed E-state index contributed by atoms with van der Waals surface area (Å²) in [6.45, 7) is 11.3. The lowest BCUT2D eigenvalue weighted by Gasteiger charge is -2.24. The molecule has 4 nitrogen and oxygen atoms in total. The lowest BCUT2D eigenvalue weighted by atomic mass is 10.1. The van der Waals surface area contributed by atoms with Crippen molar-refractivity contribution in [1.29, 1.82) is 0 Å². The van der Waals surface area contributed by atoms with E-state index in [0.29, 0.717) is 6.54 Å². The Morgan fingerprint density at radius 2 is 1.83 bits per heavy atom. The van der Waals surface area contributed by atoms with E-state index in [2.05, 4.69) is 11.8 Å². The molecule has 0 aromatic rings. The van der Waals surface area contributed by atoms with Crippen LogP contribution >= 0.6 is 0 Å². The van der Waals surface area contributed by atoms with E-state index in [1.54, 1.807) is 6.92 Å². The fraction of sp³-hybridized carbons (Fsp3) is 0.929. The molecule has 1 unspecified atom stereocenters. The number of carboxylic acid groups (broad SMARTS) is 1. The maximum absolute atomic E-state index is 10.9. The number of hydrogen-bond donors (Lipinski definition) is 1. The lowest BCUT2D eigenvalue weighted by Crippen LogP contribution is -2.34. The van der Waals surface area contributed by atoms with Crippen molar-refractivity contribution in [3.05, 3.63) is 0 Å². The van der Waals surface area contributed by atoms with Crippen molar-refractivity contribution in [2.24, 2.45) is 5.92 Å². The van der Waals surface area contributed by atoms with Crippen LogP contribution in [0, 0.1) is 5.92 Å². The van der Waals surface area contributed by atoms with Crippen LogP contribution in [0.5, 0.6) is 0 Å². The van der Waals surface area contributed by atoms with Gasteiger partial charge in [-0.2, -0.15) is 0 Å². The molecule has 0 spiro atoms. The summed E-state index contributed by atoms with van der Waals surface area (Å²) in [5.41, 5.74) is 0. The first kappa shape index (κ1) is 17.4. The zero-order valence-electron chi connectivity index (χ0n) is 12.3. The van der Waals surface area contributed by atoms with Gasteiger partial charge in [-0.3, -0.25) is 4.79 Å². The number of carboxylic acids is 1. The Morgan fingerprint density at radius 3 is 2.33 bits per heavy atom. The predicted molar refractivity (Wildman–Crippen MR) is 73.9 cm³/mol. The van der Waals surface area contributed by atoms with E-state index in [1.165, 1.54) is 0 Å². The number of unbranched alkanes of at least 4 members (excludes halogenated alkanes) is 1. The van der Waals surface area contributed by atoms with Crippen molar-refractivity contribution in [2.45, 2.75) is 53.1 Å². The molecule has 0 saturated heterocycles. The van der Waals surface area contributed by atoms with Crippen molar-refractivity contribution < 1.29 is 14.6 Å². The molecule has 1 atom stereocenters. The normalized spacial score (nSPS) is 13.2. The van der Waals surface area contributed by atoms with E-state index in [-0.39, 0.29) is 12.0 Å². The summed E-state index contributed by atoms with van der Waals surface area (Å²) in [5, 5.41) is 8.95. The third-order valence-electron chi connectivity index (χ3n) is 2.85. The van der Waals surface area contributed by atoms with Crippen molar-refractivity contribution in [3.8, 4) is 0 Å². The smallest absolute Gasteiger partial charge is 0.307 e. The Labute approximate surface area is 111 Å². The number of hydrogen-bond acceptors (Lipinski definition) is 3. The molecule has 0 amide bonds. The van der Waals surface area contributed by atoms with Gasteiger partial charge in [0.15, 0.2) is 0 Å². The first-order valence-electron chi connectivity index (χ1n) is 7.04. The standard InChI is InChI=1S/C14H29NO3/c1-5-6-8-15(11-13(4)14(16)17)9-7-10-18-12(2)3/h12-13H,5-11H2,1-4H3,(H,16,17). The highest BCUT2D eigenvalue weighted by Crippen LogP contribution is 2.04. The van der Waals surface area contributed by atoms with Gasteiger partial charge in [-0.1, -0.05) is 20.3 Å². The first-order chi connectivity index (χ1) is 8.47. The van der Waals surface area contributed by atoms with Crippen molar-refractivity contribution in [2.75, 3.05) is 26.2 Å². The molecule has 18 heavy (non-hydrogen) atoms. The fourth-order valence-electron chi connectivity index (χ4n) is 1.75. The molecule has 0 aromatic heterocycles. The summed E-state index contributed by atoms with van der Waals surface area (Å²) in [6.07, 6.45) is 3.50. The molecule has 0 radical (unpaired) electrons. The molecule has 0 saturated carbocycles.